The lowest BCUT2D eigenvalue weighted by Crippen LogP contribution is -2.07. The second-order valence-corrected chi connectivity index (χ2v) is 6.05. The van der Waals surface area contributed by atoms with Crippen molar-refractivity contribution in [3.05, 3.63) is 56.7 Å². The molecule has 0 saturated carbocycles. The van der Waals surface area contributed by atoms with E-state index in [9.17, 15) is 0 Å². The molecule has 3 nitrogen and oxygen atoms in total. The van der Waals surface area contributed by atoms with E-state index in [1.807, 2.05) is 25.2 Å². The quantitative estimate of drug-likeness (QED) is 0.798. The van der Waals surface area contributed by atoms with Gasteiger partial charge in [0.15, 0.2) is 0 Å². The Hall–Kier alpha value is -0.910. The summed E-state index contributed by atoms with van der Waals surface area (Å²) in [5.74, 6) is 0.834. The largest absolute Gasteiger partial charge is 0.491 e. The molecule has 0 amide bonds. The Bertz CT molecular complexity index is 538. The fourth-order valence-electron chi connectivity index (χ4n) is 1.86. The summed E-state index contributed by atoms with van der Waals surface area (Å²) in [5.41, 5.74) is 2.23. The third kappa shape index (κ3) is 4.30. The predicted octanol–water partition coefficient (Wildman–Crippen LogP) is 3.95. The summed E-state index contributed by atoms with van der Waals surface area (Å²) in [6.07, 6.45) is 2.59. The van der Waals surface area contributed by atoms with Crippen LogP contribution in [0.3, 0.4) is 0 Å². The molecule has 20 heavy (non-hydrogen) atoms. The highest BCUT2D eigenvalue weighted by Gasteiger charge is 2.09. The fourth-order valence-corrected chi connectivity index (χ4v) is 3.37. The zero-order valence-corrected chi connectivity index (χ0v) is 14.4. The molecule has 1 N–H and O–H groups in total. The number of nitrogens with zero attached hydrogens (tertiary/aromatic N) is 1. The normalized spacial score (nSPS) is 10.6. The summed E-state index contributed by atoms with van der Waals surface area (Å²) in [4.78, 5) is 4.28. The van der Waals surface area contributed by atoms with Crippen molar-refractivity contribution in [2.75, 3.05) is 13.7 Å². The van der Waals surface area contributed by atoms with Gasteiger partial charge in [0.05, 0.1) is 15.6 Å². The molecule has 2 aromatic rings. The van der Waals surface area contributed by atoms with Crippen molar-refractivity contribution >= 4 is 31.9 Å². The number of pyridine rings is 1. The van der Waals surface area contributed by atoms with Gasteiger partial charge in [-0.15, -0.1) is 0 Å². The summed E-state index contributed by atoms with van der Waals surface area (Å²) in [6.45, 7) is 1.42. The van der Waals surface area contributed by atoms with E-state index in [2.05, 4.69) is 54.3 Å². The van der Waals surface area contributed by atoms with Gasteiger partial charge in [0.25, 0.3) is 0 Å². The number of hydrogen-bond acceptors (Lipinski definition) is 3. The molecule has 1 heterocycles. The van der Waals surface area contributed by atoms with E-state index in [1.54, 1.807) is 6.20 Å². The maximum Gasteiger partial charge on any atom is 0.147 e. The van der Waals surface area contributed by atoms with Crippen LogP contribution in [0, 0.1) is 0 Å². The Labute approximate surface area is 136 Å². The summed E-state index contributed by atoms with van der Waals surface area (Å²) in [6, 6.07) is 10.0. The van der Waals surface area contributed by atoms with E-state index in [0.717, 1.165) is 33.4 Å². The number of hydrogen-bond donors (Lipinski definition) is 1. The average molecular weight is 400 g/mol. The third-order valence-corrected chi connectivity index (χ3v) is 3.95. The monoisotopic (exact) mass is 398 g/mol. The number of aromatic nitrogens is 1. The predicted molar refractivity (Wildman–Crippen MR) is 88.0 cm³/mol. The van der Waals surface area contributed by atoms with Gasteiger partial charge in [0, 0.05) is 24.9 Å². The van der Waals surface area contributed by atoms with Gasteiger partial charge in [-0.05, 0) is 68.7 Å². The molecule has 5 heteroatoms. The first-order valence-electron chi connectivity index (χ1n) is 6.36. The van der Waals surface area contributed by atoms with E-state index in [1.165, 1.54) is 5.56 Å². The molecule has 0 unspecified atom stereocenters. The maximum atomic E-state index is 5.85. The first-order valence-corrected chi connectivity index (χ1v) is 7.94. The van der Waals surface area contributed by atoms with Gasteiger partial charge in [0.1, 0.15) is 5.75 Å². The molecule has 0 aliphatic carbocycles. The molecule has 0 saturated heterocycles. The number of benzene rings is 1. The van der Waals surface area contributed by atoms with Crippen LogP contribution in [-0.4, -0.2) is 18.6 Å². The Morgan fingerprint density at radius 3 is 2.55 bits per heavy atom. The van der Waals surface area contributed by atoms with E-state index in [-0.39, 0.29) is 0 Å². The van der Waals surface area contributed by atoms with Crippen molar-refractivity contribution < 1.29 is 4.74 Å². The fraction of sp³-hybridized carbons (Fsp3) is 0.267. The summed E-state index contributed by atoms with van der Waals surface area (Å²) < 4.78 is 7.76. The van der Waals surface area contributed by atoms with Crippen LogP contribution in [0.1, 0.15) is 11.3 Å². The van der Waals surface area contributed by atoms with E-state index >= 15 is 0 Å². The highest BCUT2D eigenvalue weighted by Crippen LogP contribution is 2.34. The second kappa shape index (κ2) is 7.76. The summed E-state index contributed by atoms with van der Waals surface area (Å²) in [7, 11) is 1.93. The van der Waals surface area contributed by atoms with Crippen molar-refractivity contribution in [3.63, 3.8) is 0 Å². The molecule has 0 aliphatic rings. The standard InChI is InChI=1S/C15H16Br2N2O/c1-18-10-11-8-13(16)15(14(17)9-11)20-7-5-12-4-2-3-6-19-12/h2-4,6,8-9,18H,5,7,10H2,1H3. The van der Waals surface area contributed by atoms with Crippen molar-refractivity contribution in [1.82, 2.24) is 10.3 Å². The SMILES string of the molecule is CNCc1cc(Br)c(OCCc2ccccn2)c(Br)c1. The molecule has 0 radical (unpaired) electrons. The van der Waals surface area contributed by atoms with E-state index in [0.29, 0.717) is 6.61 Å². The molecule has 0 fully saturated rings. The van der Waals surface area contributed by atoms with Gasteiger partial charge in [-0.2, -0.15) is 0 Å². The molecule has 1 aromatic carbocycles. The lowest BCUT2D eigenvalue weighted by Gasteiger charge is -2.12. The first-order chi connectivity index (χ1) is 9.70. The van der Waals surface area contributed by atoms with Gasteiger partial charge in [0.2, 0.25) is 0 Å². The van der Waals surface area contributed by atoms with Crippen LogP contribution >= 0.6 is 31.9 Å². The molecule has 0 spiro atoms. The molecule has 2 rings (SSSR count). The Morgan fingerprint density at radius 1 is 1.20 bits per heavy atom. The molecule has 0 aliphatic heterocycles. The highest BCUT2D eigenvalue weighted by atomic mass is 79.9. The zero-order chi connectivity index (χ0) is 14.4. The minimum atomic E-state index is 0.597. The Kier molecular flexibility index (Phi) is 6.01. The van der Waals surface area contributed by atoms with Crippen LogP contribution in [0.15, 0.2) is 45.5 Å². The van der Waals surface area contributed by atoms with Gasteiger partial charge >= 0.3 is 0 Å². The van der Waals surface area contributed by atoms with Crippen molar-refractivity contribution in [2.24, 2.45) is 0 Å². The van der Waals surface area contributed by atoms with E-state index in [4.69, 9.17) is 4.74 Å². The molecular weight excluding hydrogens is 384 g/mol. The lowest BCUT2D eigenvalue weighted by atomic mass is 10.2. The van der Waals surface area contributed by atoms with Gasteiger partial charge in [-0.3, -0.25) is 4.98 Å². The van der Waals surface area contributed by atoms with Crippen LogP contribution in [0.4, 0.5) is 0 Å². The topological polar surface area (TPSA) is 34.1 Å². The summed E-state index contributed by atoms with van der Waals surface area (Å²) >= 11 is 7.11. The minimum absolute atomic E-state index is 0.597. The van der Waals surface area contributed by atoms with Gasteiger partial charge in [-0.25, -0.2) is 0 Å². The van der Waals surface area contributed by atoms with Crippen molar-refractivity contribution in [1.29, 1.82) is 0 Å². The van der Waals surface area contributed by atoms with Crippen LogP contribution in [0.25, 0.3) is 0 Å². The van der Waals surface area contributed by atoms with Gasteiger partial charge < -0.3 is 10.1 Å². The van der Waals surface area contributed by atoms with Crippen molar-refractivity contribution in [2.45, 2.75) is 13.0 Å². The third-order valence-electron chi connectivity index (χ3n) is 2.77. The highest BCUT2D eigenvalue weighted by molar-refractivity contribution is 9.11. The molecule has 0 atom stereocenters. The Balaban J connectivity index is 1.99. The number of rotatable bonds is 6. The first kappa shape index (κ1) is 15.5. The molecule has 1 aromatic heterocycles. The average Bonchev–Trinajstić information content (AvgIpc) is 2.43. The van der Waals surface area contributed by atoms with Crippen LogP contribution < -0.4 is 10.1 Å². The lowest BCUT2D eigenvalue weighted by molar-refractivity contribution is 0.316. The maximum absolute atomic E-state index is 5.85. The molecule has 0 bridgehead atoms. The number of ether oxygens (including phenoxy) is 1. The van der Waals surface area contributed by atoms with Crippen LogP contribution in [0.5, 0.6) is 5.75 Å². The minimum Gasteiger partial charge on any atom is -0.491 e. The summed E-state index contributed by atoms with van der Waals surface area (Å²) in [5, 5.41) is 3.13. The molecule has 106 valence electrons. The molecular formula is C15H16Br2N2O. The van der Waals surface area contributed by atoms with Crippen LogP contribution in [-0.2, 0) is 13.0 Å². The zero-order valence-electron chi connectivity index (χ0n) is 11.2. The van der Waals surface area contributed by atoms with Crippen molar-refractivity contribution in [3.8, 4) is 5.75 Å². The smallest absolute Gasteiger partial charge is 0.147 e. The number of nitrogens with one attached hydrogen (secondary N) is 1. The van der Waals surface area contributed by atoms with Gasteiger partial charge in [-0.1, -0.05) is 6.07 Å². The Morgan fingerprint density at radius 2 is 1.95 bits per heavy atom. The van der Waals surface area contributed by atoms with E-state index < -0.39 is 0 Å². The van der Waals surface area contributed by atoms with Crippen LogP contribution in [0.2, 0.25) is 0 Å². The second-order valence-electron chi connectivity index (χ2n) is 4.34. The number of halogens is 2.